The molecular formula is C16H14ClNO. The lowest BCUT2D eigenvalue weighted by atomic mass is 9.94. The predicted octanol–water partition coefficient (Wildman–Crippen LogP) is 3.24. The Morgan fingerprint density at radius 1 is 0.947 bits per heavy atom. The summed E-state index contributed by atoms with van der Waals surface area (Å²) in [5.74, 6) is -0.105. The van der Waals surface area contributed by atoms with Crippen molar-refractivity contribution in [3.8, 4) is 11.1 Å². The lowest BCUT2D eigenvalue weighted by Gasteiger charge is -2.26. The van der Waals surface area contributed by atoms with E-state index >= 15 is 0 Å². The molecule has 3 heteroatoms. The zero-order valence-corrected chi connectivity index (χ0v) is 11.6. The van der Waals surface area contributed by atoms with Crippen LogP contribution < -0.4 is 0 Å². The van der Waals surface area contributed by atoms with Crippen LogP contribution in [0.3, 0.4) is 0 Å². The fourth-order valence-electron chi connectivity index (χ4n) is 2.72. The maximum absolute atomic E-state index is 12.6. The highest BCUT2D eigenvalue weighted by Crippen LogP contribution is 2.51. The number of likely N-dealkylation sites (N-methyl/N-ethyl adjacent to an activating group) is 1. The molecule has 2 aromatic rings. The highest BCUT2D eigenvalue weighted by Gasteiger charge is 2.48. The molecule has 1 aliphatic rings. The molecule has 0 radical (unpaired) electrons. The molecule has 0 unspecified atom stereocenters. The number of alkyl halides is 1. The molecule has 1 aliphatic carbocycles. The van der Waals surface area contributed by atoms with E-state index < -0.39 is 4.87 Å². The van der Waals surface area contributed by atoms with Crippen molar-refractivity contribution >= 4 is 17.5 Å². The Bertz CT molecular complexity index is 618. The summed E-state index contributed by atoms with van der Waals surface area (Å²) >= 11 is 6.79. The third-order valence-electron chi connectivity index (χ3n) is 3.59. The van der Waals surface area contributed by atoms with E-state index in [0.29, 0.717) is 0 Å². The minimum absolute atomic E-state index is 0.105. The van der Waals surface area contributed by atoms with Crippen LogP contribution >= 0.6 is 11.6 Å². The molecule has 2 nitrogen and oxygen atoms in total. The summed E-state index contributed by atoms with van der Waals surface area (Å²) < 4.78 is 0. The number of hydrogen-bond acceptors (Lipinski definition) is 1. The highest BCUT2D eigenvalue weighted by atomic mass is 35.5. The number of amides is 1. The molecule has 3 rings (SSSR count). The summed E-state index contributed by atoms with van der Waals surface area (Å²) in [6.07, 6.45) is 0. The van der Waals surface area contributed by atoms with E-state index in [1.165, 1.54) is 0 Å². The normalized spacial score (nSPS) is 14.7. The van der Waals surface area contributed by atoms with Crippen LogP contribution in [0.4, 0.5) is 0 Å². The van der Waals surface area contributed by atoms with Gasteiger partial charge in [-0.05, 0) is 22.3 Å². The molecule has 2 aromatic carbocycles. The van der Waals surface area contributed by atoms with Crippen LogP contribution in [-0.2, 0) is 9.67 Å². The van der Waals surface area contributed by atoms with Crippen LogP contribution in [0.15, 0.2) is 48.5 Å². The van der Waals surface area contributed by atoms with Crippen LogP contribution in [-0.4, -0.2) is 24.9 Å². The average Bonchev–Trinajstić information content (AvgIpc) is 2.70. The molecule has 0 atom stereocenters. The quantitative estimate of drug-likeness (QED) is 0.729. The number of carbonyl (C=O) groups excluding carboxylic acids is 1. The van der Waals surface area contributed by atoms with E-state index in [4.69, 9.17) is 11.6 Å². The number of hydrogen-bond donors (Lipinski definition) is 0. The number of fused-ring (bicyclic) bond motifs is 3. The van der Waals surface area contributed by atoms with Crippen molar-refractivity contribution in [2.75, 3.05) is 14.1 Å². The van der Waals surface area contributed by atoms with Gasteiger partial charge in [0, 0.05) is 14.1 Å². The third-order valence-corrected chi connectivity index (χ3v) is 4.16. The molecule has 0 bridgehead atoms. The van der Waals surface area contributed by atoms with Gasteiger partial charge in [0.2, 0.25) is 0 Å². The SMILES string of the molecule is CN(C)C(=O)C1(Cl)c2ccccc2-c2ccccc21. The van der Waals surface area contributed by atoms with Gasteiger partial charge in [0.05, 0.1) is 0 Å². The number of rotatable bonds is 1. The van der Waals surface area contributed by atoms with E-state index in [2.05, 4.69) is 0 Å². The standard InChI is InChI=1S/C16H14ClNO/c1-18(2)15(19)16(17)13-9-5-3-7-11(13)12-8-4-6-10-14(12)16/h3-10H,1-2H3. The molecule has 0 spiro atoms. The number of nitrogens with zero attached hydrogens (tertiary/aromatic N) is 1. The topological polar surface area (TPSA) is 20.3 Å². The van der Waals surface area contributed by atoms with Crippen LogP contribution in [0.5, 0.6) is 0 Å². The molecule has 0 fully saturated rings. The molecule has 0 saturated carbocycles. The smallest absolute Gasteiger partial charge is 0.252 e. The molecule has 0 heterocycles. The minimum Gasteiger partial charge on any atom is -0.347 e. The van der Waals surface area contributed by atoms with Crippen LogP contribution in [0, 0.1) is 0 Å². The highest BCUT2D eigenvalue weighted by molar-refractivity contribution is 6.39. The van der Waals surface area contributed by atoms with Gasteiger partial charge in [-0.2, -0.15) is 0 Å². The fourth-order valence-corrected chi connectivity index (χ4v) is 3.22. The largest absolute Gasteiger partial charge is 0.347 e. The Kier molecular flexibility index (Phi) is 2.64. The van der Waals surface area contributed by atoms with E-state index in [1.807, 2.05) is 48.5 Å². The molecule has 19 heavy (non-hydrogen) atoms. The first kappa shape index (κ1) is 12.2. The first-order chi connectivity index (χ1) is 9.06. The van der Waals surface area contributed by atoms with Gasteiger partial charge in [-0.3, -0.25) is 4.79 Å². The van der Waals surface area contributed by atoms with Crippen molar-refractivity contribution < 1.29 is 4.79 Å². The zero-order valence-electron chi connectivity index (χ0n) is 10.9. The zero-order chi connectivity index (χ0) is 13.6. The fraction of sp³-hybridized carbons (Fsp3) is 0.188. The van der Waals surface area contributed by atoms with Crippen molar-refractivity contribution in [1.82, 2.24) is 4.90 Å². The van der Waals surface area contributed by atoms with Crippen LogP contribution in [0.25, 0.3) is 11.1 Å². The van der Waals surface area contributed by atoms with Gasteiger partial charge in [0.25, 0.3) is 5.91 Å². The third kappa shape index (κ3) is 1.53. The first-order valence-electron chi connectivity index (χ1n) is 6.17. The average molecular weight is 272 g/mol. The Hall–Kier alpha value is -1.80. The number of carbonyl (C=O) groups is 1. The minimum atomic E-state index is -1.10. The van der Waals surface area contributed by atoms with Gasteiger partial charge < -0.3 is 4.90 Å². The van der Waals surface area contributed by atoms with Gasteiger partial charge in [-0.25, -0.2) is 0 Å². The van der Waals surface area contributed by atoms with Gasteiger partial charge in [-0.1, -0.05) is 60.1 Å². The van der Waals surface area contributed by atoms with Gasteiger partial charge in [-0.15, -0.1) is 0 Å². The summed E-state index contributed by atoms with van der Waals surface area (Å²) in [6, 6.07) is 15.7. The Morgan fingerprint density at radius 3 is 1.79 bits per heavy atom. The maximum Gasteiger partial charge on any atom is 0.252 e. The number of benzene rings is 2. The van der Waals surface area contributed by atoms with E-state index in [0.717, 1.165) is 22.3 Å². The summed E-state index contributed by atoms with van der Waals surface area (Å²) in [6.45, 7) is 0. The monoisotopic (exact) mass is 271 g/mol. The lowest BCUT2D eigenvalue weighted by molar-refractivity contribution is -0.130. The molecule has 0 N–H and O–H groups in total. The summed E-state index contributed by atoms with van der Waals surface area (Å²) in [7, 11) is 3.46. The van der Waals surface area contributed by atoms with Crippen LogP contribution in [0.1, 0.15) is 11.1 Å². The van der Waals surface area contributed by atoms with Crippen molar-refractivity contribution in [3.63, 3.8) is 0 Å². The second-order valence-electron chi connectivity index (χ2n) is 4.95. The van der Waals surface area contributed by atoms with Crippen molar-refractivity contribution in [1.29, 1.82) is 0 Å². The van der Waals surface area contributed by atoms with Gasteiger partial charge in [0.15, 0.2) is 4.87 Å². The van der Waals surface area contributed by atoms with Gasteiger partial charge >= 0.3 is 0 Å². The Labute approximate surface area is 117 Å². The first-order valence-corrected chi connectivity index (χ1v) is 6.54. The molecule has 0 saturated heterocycles. The summed E-state index contributed by atoms with van der Waals surface area (Å²) in [4.78, 5) is 13.0. The van der Waals surface area contributed by atoms with Crippen molar-refractivity contribution in [2.24, 2.45) is 0 Å². The summed E-state index contributed by atoms with van der Waals surface area (Å²) in [5.41, 5.74) is 3.83. The Morgan fingerprint density at radius 2 is 1.37 bits per heavy atom. The Balaban J connectivity index is 2.34. The van der Waals surface area contributed by atoms with Crippen molar-refractivity contribution in [3.05, 3.63) is 59.7 Å². The summed E-state index contributed by atoms with van der Waals surface area (Å²) in [5, 5.41) is 0. The predicted molar refractivity (Wildman–Crippen MR) is 77.2 cm³/mol. The molecule has 1 amide bonds. The van der Waals surface area contributed by atoms with Crippen LogP contribution in [0.2, 0.25) is 0 Å². The van der Waals surface area contributed by atoms with Gasteiger partial charge in [0.1, 0.15) is 0 Å². The van der Waals surface area contributed by atoms with E-state index in [1.54, 1.807) is 19.0 Å². The maximum atomic E-state index is 12.6. The van der Waals surface area contributed by atoms with E-state index in [-0.39, 0.29) is 5.91 Å². The van der Waals surface area contributed by atoms with Crippen molar-refractivity contribution in [2.45, 2.75) is 4.87 Å². The lowest BCUT2D eigenvalue weighted by Crippen LogP contribution is -2.39. The molecular weight excluding hydrogens is 258 g/mol. The molecule has 0 aromatic heterocycles. The molecule has 96 valence electrons. The second-order valence-corrected chi connectivity index (χ2v) is 5.52. The molecule has 0 aliphatic heterocycles. The van der Waals surface area contributed by atoms with E-state index in [9.17, 15) is 4.79 Å². The second kappa shape index (κ2) is 4.10. The number of halogens is 1.